The van der Waals surface area contributed by atoms with Crippen molar-refractivity contribution in [1.29, 1.82) is 0 Å². The number of carbonyl (C=O) groups is 2. The van der Waals surface area contributed by atoms with E-state index in [1.807, 2.05) is 5.32 Å². The van der Waals surface area contributed by atoms with Crippen molar-refractivity contribution in [3.63, 3.8) is 0 Å². The largest absolute Gasteiger partial charge is 0.480 e. The van der Waals surface area contributed by atoms with Crippen molar-refractivity contribution in [2.45, 2.75) is 12.1 Å². The molecule has 0 aliphatic carbocycles. The van der Waals surface area contributed by atoms with Crippen molar-refractivity contribution in [3.05, 3.63) is 35.9 Å². The Bertz CT molecular complexity index is 586. The summed E-state index contributed by atoms with van der Waals surface area (Å²) in [6.45, 7) is 0. The molecule has 1 aromatic carbocycles. The number of hydrogen-bond acceptors (Lipinski definition) is 5. The summed E-state index contributed by atoms with van der Waals surface area (Å²) in [5, 5.41) is 10.8. The molecular formula is C11H14N2O6S. The van der Waals surface area contributed by atoms with Crippen LogP contribution in [0.1, 0.15) is 11.6 Å². The topological polar surface area (TPSA) is 147 Å². The first kappa shape index (κ1) is 16.1. The molecular weight excluding hydrogens is 288 g/mol. The van der Waals surface area contributed by atoms with Crippen LogP contribution < -0.4 is 11.1 Å². The van der Waals surface area contributed by atoms with Crippen molar-refractivity contribution >= 4 is 22.0 Å². The second-order valence-corrected chi connectivity index (χ2v) is 5.53. The Hall–Kier alpha value is -1.97. The number of nitrogens with two attached hydrogens (primary N) is 1. The Kier molecular flexibility index (Phi) is 5.19. The lowest BCUT2D eigenvalue weighted by molar-refractivity contribution is -0.141. The lowest BCUT2D eigenvalue weighted by Gasteiger charge is -2.17. The first-order chi connectivity index (χ1) is 9.20. The van der Waals surface area contributed by atoms with Gasteiger partial charge in [0.1, 0.15) is 17.8 Å². The number of benzene rings is 1. The zero-order valence-electron chi connectivity index (χ0n) is 10.3. The molecule has 0 heterocycles. The summed E-state index contributed by atoms with van der Waals surface area (Å²) in [6.07, 6.45) is 0. The molecule has 0 saturated carbocycles. The molecule has 0 radical (unpaired) electrons. The molecule has 0 fully saturated rings. The monoisotopic (exact) mass is 302 g/mol. The third-order valence-electron chi connectivity index (χ3n) is 2.43. The van der Waals surface area contributed by atoms with E-state index < -0.39 is 39.8 Å². The summed E-state index contributed by atoms with van der Waals surface area (Å²) in [4.78, 5) is 22.6. The SMILES string of the molecule is NC(C(=O)N[C@@H](CS(=O)(=O)O)C(=O)O)c1ccccc1. The highest BCUT2D eigenvalue weighted by molar-refractivity contribution is 7.85. The van der Waals surface area contributed by atoms with Gasteiger partial charge < -0.3 is 16.2 Å². The number of amides is 1. The highest BCUT2D eigenvalue weighted by Gasteiger charge is 2.28. The normalized spacial score (nSPS) is 14.3. The van der Waals surface area contributed by atoms with Crippen LogP contribution in [0.15, 0.2) is 30.3 Å². The van der Waals surface area contributed by atoms with Gasteiger partial charge in [-0.1, -0.05) is 30.3 Å². The van der Waals surface area contributed by atoms with E-state index in [0.717, 1.165) is 0 Å². The molecule has 1 rings (SSSR count). The van der Waals surface area contributed by atoms with E-state index in [9.17, 15) is 18.0 Å². The van der Waals surface area contributed by atoms with Crippen LogP contribution in [0.4, 0.5) is 0 Å². The minimum atomic E-state index is -4.54. The number of carbonyl (C=O) groups excluding carboxylic acids is 1. The number of hydrogen-bond donors (Lipinski definition) is 4. The number of carboxylic acid groups (broad SMARTS) is 1. The minimum absolute atomic E-state index is 0.445. The highest BCUT2D eigenvalue weighted by atomic mass is 32.2. The fraction of sp³-hybridized carbons (Fsp3) is 0.273. The van der Waals surface area contributed by atoms with E-state index >= 15 is 0 Å². The summed E-state index contributed by atoms with van der Waals surface area (Å²) in [7, 11) is -4.54. The van der Waals surface area contributed by atoms with Crippen molar-refractivity contribution in [1.82, 2.24) is 5.32 Å². The quantitative estimate of drug-likeness (QED) is 0.500. The van der Waals surface area contributed by atoms with E-state index in [4.69, 9.17) is 15.4 Å². The van der Waals surface area contributed by atoms with Crippen molar-refractivity contribution in [3.8, 4) is 0 Å². The number of rotatable bonds is 6. The second kappa shape index (κ2) is 6.46. The number of nitrogens with one attached hydrogen (secondary N) is 1. The minimum Gasteiger partial charge on any atom is -0.480 e. The zero-order valence-corrected chi connectivity index (χ0v) is 11.1. The molecule has 0 aliphatic heterocycles. The molecule has 0 saturated heterocycles. The molecule has 0 aromatic heterocycles. The van der Waals surface area contributed by atoms with Crippen LogP contribution >= 0.6 is 0 Å². The van der Waals surface area contributed by atoms with Crippen LogP contribution in [-0.2, 0) is 19.7 Å². The van der Waals surface area contributed by atoms with Crippen molar-refractivity contribution < 1.29 is 27.7 Å². The highest BCUT2D eigenvalue weighted by Crippen LogP contribution is 2.09. The maximum Gasteiger partial charge on any atom is 0.327 e. The molecule has 1 amide bonds. The number of carboxylic acids is 1. The van der Waals surface area contributed by atoms with Crippen LogP contribution in [0.25, 0.3) is 0 Å². The van der Waals surface area contributed by atoms with Crippen LogP contribution in [0.3, 0.4) is 0 Å². The Morgan fingerprint density at radius 1 is 1.25 bits per heavy atom. The van der Waals surface area contributed by atoms with Gasteiger partial charge in [0.15, 0.2) is 0 Å². The smallest absolute Gasteiger partial charge is 0.327 e. The lowest BCUT2D eigenvalue weighted by Crippen LogP contribution is -2.48. The molecule has 1 unspecified atom stereocenters. The molecule has 1 aromatic rings. The molecule has 5 N–H and O–H groups in total. The van der Waals surface area contributed by atoms with Gasteiger partial charge in [-0.25, -0.2) is 4.79 Å². The summed E-state index contributed by atoms with van der Waals surface area (Å²) in [6, 6.07) is 5.25. The van der Waals surface area contributed by atoms with E-state index in [2.05, 4.69) is 0 Å². The fourth-order valence-corrected chi connectivity index (χ4v) is 2.11. The summed E-state index contributed by atoms with van der Waals surface area (Å²) in [5.74, 6) is -3.57. The first-order valence-electron chi connectivity index (χ1n) is 5.49. The van der Waals surface area contributed by atoms with Gasteiger partial charge in [-0.05, 0) is 5.56 Å². The van der Waals surface area contributed by atoms with E-state index in [1.165, 1.54) is 0 Å². The first-order valence-corrected chi connectivity index (χ1v) is 7.10. The molecule has 0 aliphatic rings. The lowest BCUT2D eigenvalue weighted by atomic mass is 10.1. The van der Waals surface area contributed by atoms with Gasteiger partial charge in [0.05, 0.1) is 0 Å². The van der Waals surface area contributed by atoms with Gasteiger partial charge in [0.2, 0.25) is 5.91 Å². The predicted molar refractivity (Wildman–Crippen MR) is 69.4 cm³/mol. The average Bonchev–Trinajstić information content (AvgIpc) is 2.36. The molecule has 8 nitrogen and oxygen atoms in total. The standard InChI is InChI=1S/C11H14N2O6S/c12-9(7-4-2-1-3-5-7)10(14)13-8(11(15)16)6-20(17,18)19/h1-5,8-9H,6,12H2,(H,13,14)(H,15,16)(H,17,18,19)/t8-,9?/m0/s1. The molecule has 20 heavy (non-hydrogen) atoms. The average molecular weight is 302 g/mol. The van der Waals surface area contributed by atoms with E-state index in [0.29, 0.717) is 5.56 Å². The van der Waals surface area contributed by atoms with E-state index in [-0.39, 0.29) is 0 Å². The molecule has 2 atom stereocenters. The molecule has 0 bridgehead atoms. The summed E-state index contributed by atoms with van der Waals surface area (Å²) >= 11 is 0. The third-order valence-corrected chi connectivity index (χ3v) is 3.19. The fourth-order valence-electron chi connectivity index (χ4n) is 1.46. The Morgan fingerprint density at radius 3 is 2.25 bits per heavy atom. The van der Waals surface area contributed by atoms with Crippen LogP contribution in [0.2, 0.25) is 0 Å². The third kappa shape index (κ3) is 4.96. The van der Waals surface area contributed by atoms with Crippen LogP contribution in [-0.4, -0.2) is 41.7 Å². The zero-order chi connectivity index (χ0) is 15.3. The van der Waals surface area contributed by atoms with Gasteiger partial charge in [0.25, 0.3) is 10.1 Å². The van der Waals surface area contributed by atoms with Gasteiger partial charge >= 0.3 is 5.97 Å². The van der Waals surface area contributed by atoms with Gasteiger partial charge in [-0.15, -0.1) is 0 Å². The van der Waals surface area contributed by atoms with Crippen molar-refractivity contribution in [2.75, 3.05) is 5.75 Å². The molecule has 110 valence electrons. The Balaban J connectivity index is 2.79. The summed E-state index contributed by atoms with van der Waals surface area (Å²) in [5.41, 5.74) is 6.08. The van der Waals surface area contributed by atoms with Crippen LogP contribution in [0, 0.1) is 0 Å². The summed E-state index contributed by atoms with van der Waals surface area (Å²) < 4.78 is 30.0. The van der Waals surface area contributed by atoms with Crippen LogP contribution in [0.5, 0.6) is 0 Å². The molecule has 9 heteroatoms. The number of aliphatic carboxylic acids is 1. The van der Waals surface area contributed by atoms with Gasteiger partial charge in [-0.3, -0.25) is 9.35 Å². The van der Waals surface area contributed by atoms with Gasteiger partial charge in [-0.2, -0.15) is 8.42 Å². The van der Waals surface area contributed by atoms with E-state index in [1.54, 1.807) is 30.3 Å². The predicted octanol–water partition coefficient (Wildman–Crippen LogP) is -0.856. The second-order valence-electron chi connectivity index (χ2n) is 4.04. The maximum atomic E-state index is 11.8. The van der Waals surface area contributed by atoms with Crippen molar-refractivity contribution in [2.24, 2.45) is 5.73 Å². The molecule has 0 spiro atoms. The Labute approximate surface area is 115 Å². The maximum absolute atomic E-state index is 11.8. The van der Waals surface area contributed by atoms with Gasteiger partial charge in [0, 0.05) is 0 Å². The Morgan fingerprint density at radius 2 is 1.80 bits per heavy atom.